The van der Waals surface area contributed by atoms with Gasteiger partial charge in [0.1, 0.15) is 6.54 Å². The number of hydrogen-bond acceptors (Lipinski definition) is 4. The van der Waals surface area contributed by atoms with E-state index in [1.54, 1.807) is 0 Å². The number of hydrogen-bond donors (Lipinski definition) is 4. The molecule has 0 saturated carbocycles. The fourth-order valence-corrected chi connectivity index (χ4v) is 2.68. The maximum Gasteiger partial charge on any atom is 0.405 e. The molecule has 2 amide bonds. The number of piperidine rings is 1. The molecule has 1 aromatic rings. The number of nitrogens with two attached hydrogens (primary N) is 1. The van der Waals surface area contributed by atoms with Gasteiger partial charge in [0.2, 0.25) is 0 Å². The summed E-state index contributed by atoms with van der Waals surface area (Å²) in [7, 11) is 0. The van der Waals surface area contributed by atoms with Gasteiger partial charge in [-0.15, -0.1) is 0 Å². The smallest absolute Gasteiger partial charge is 0.405 e. The third-order valence-corrected chi connectivity index (χ3v) is 3.98. The lowest BCUT2D eigenvalue weighted by Crippen LogP contribution is -2.48. The maximum absolute atomic E-state index is 12.1. The number of nitrogens with one attached hydrogen (secondary N) is 2. The number of likely N-dealkylation sites (tertiary alicyclic amines) is 1. The number of carbonyl (C=O) groups is 2. The Labute approximate surface area is 155 Å². The van der Waals surface area contributed by atoms with Crippen LogP contribution in [0.4, 0.5) is 23.7 Å². The zero-order valence-electron chi connectivity index (χ0n) is 14.8. The van der Waals surface area contributed by atoms with E-state index >= 15 is 0 Å². The van der Waals surface area contributed by atoms with Crippen molar-refractivity contribution in [2.24, 2.45) is 5.73 Å². The Morgan fingerprint density at radius 1 is 1.26 bits per heavy atom. The van der Waals surface area contributed by atoms with Gasteiger partial charge >= 0.3 is 12.2 Å². The van der Waals surface area contributed by atoms with Gasteiger partial charge in [-0.25, -0.2) is 4.79 Å². The minimum atomic E-state index is -4.38. The number of anilines is 1. The van der Waals surface area contributed by atoms with Crippen molar-refractivity contribution in [1.29, 1.82) is 0 Å². The first-order valence-electron chi connectivity index (χ1n) is 8.52. The summed E-state index contributed by atoms with van der Waals surface area (Å²) in [6.45, 7) is -0.0555. The summed E-state index contributed by atoms with van der Waals surface area (Å²) >= 11 is 0. The molecular weight excluding hydrogens is 365 g/mol. The number of rotatable bonds is 5. The van der Waals surface area contributed by atoms with Crippen LogP contribution in [0.3, 0.4) is 0 Å². The Morgan fingerprint density at radius 2 is 1.81 bits per heavy atom. The Kier molecular flexibility index (Phi) is 9.41. The van der Waals surface area contributed by atoms with E-state index in [0.29, 0.717) is 32.5 Å². The molecule has 1 aliphatic rings. The molecule has 2 rings (SSSR count). The second-order valence-electron chi connectivity index (χ2n) is 6.02. The van der Waals surface area contributed by atoms with E-state index in [1.807, 2.05) is 29.6 Å². The van der Waals surface area contributed by atoms with Gasteiger partial charge in [-0.2, -0.15) is 13.2 Å². The SMILES string of the molecule is NCCc1ccc(NC2CCN(C(=O)NCC(F)(F)F)CC2)cc1.O=CO. The zero-order chi connectivity index (χ0) is 20.3. The lowest BCUT2D eigenvalue weighted by atomic mass is 10.0. The summed E-state index contributed by atoms with van der Waals surface area (Å²) in [4.78, 5) is 21.5. The molecule has 152 valence electrons. The van der Waals surface area contributed by atoms with E-state index in [1.165, 1.54) is 10.5 Å². The largest absolute Gasteiger partial charge is 0.483 e. The van der Waals surface area contributed by atoms with Crippen LogP contribution in [0.5, 0.6) is 0 Å². The predicted molar refractivity (Wildman–Crippen MR) is 95.6 cm³/mol. The molecule has 0 spiro atoms. The van der Waals surface area contributed by atoms with Crippen molar-refractivity contribution in [3.05, 3.63) is 29.8 Å². The number of halogens is 3. The second kappa shape index (κ2) is 11.3. The quantitative estimate of drug-likeness (QED) is 0.576. The van der Waals surface area contributed by atoms with Crippen molar-refractivity contribution in [3.63, 3.8) is 0 Å². The Bertz CT molecular complexity index is 574. The zero-order valence-corrected chi connectivity index (χ0v) is 14.8. The predicted octanol–water partition coefficient (Wildman–Crippen LogP) is 2.04. The normalized spacial score (nSPS) is 14.7. The number of benzene rings is 1. The fourth-order valence-electron chi connectivity index (χ4n) is 2.68. The molecule has 0 aromatic heterocycles. The second-order valence-corrected chi connectivity index (χ2v) is 6.02. The Morgan fingerprint density at radius 3 is 2.30 bits per heavy atom. The summed E-state index contributed by atoms with van der Waals surface area (Å²) in [6.07, 6.45) is -2.15. The van der Waals surface area contributed by atoms with E-state index in [4.69, 9.17) is 15.6 Å². The summed E-state index contributed by atoms with van der Waals surface area (Å²) in [5, 5.41) is 12.2. The molecule has 0 radical (unpaired) electrons. The number of nitrogens with zero attached hydrogens (tertiary/aromatic N) is 1. The van der Waals surface area contributed by atoms with Crippen molar-refractivity contribution in [2.45, 2.75) is 31.5 Å². The third kappa shape index (κ3) is 9.13. The van der Waals surface area contributed by atoms with Gasteiger partial charge in [0.15, 0.2) is 0 Å². The highest BCUT2D eigenvalue weighted by atomic mass is 19.4. The molecule has 0 atom stereocenters. The molecule has 0 aliphatic carbocycles. The minimum absolute atomic E-state index is 0.206. The lowest BCUT2D eigenvalue weighted by molar-refractivity contribution is -0.123. The van der Waals surface area contributed by atoms with Crippen LogP contribution in [-0.2, 0) is 11.2 Å². The van der Waals surface area contributed by atoms with Crippen LogP contribution in [0, 0.1) is 0 Å². The van der Waals surface area contributed by atoms with Gasteiger partial charge < -0.3 is 26.4 Å². The van der Waals surface area contributed by atoms with Crippen molar-refractivity contribution in [3.8, 4) is 0 Å². The standard InChI is InChI=1S/C16H23F3N4O.CH2O2/c17-16(18,19)11-21-15(24)23-9-6-14(7-10-23)22-13-3-1-12(2-4-13)5-8-20;2-1-3/h1-4,14,22H,5-11,20H2,(H,21,24);1H,(H,2,3). The van der Waals surface area contributed by atoms with Gasteiger partial charge in [0, 0.05) is 24.8 Å². The summed E-state index contributed by atoms with van der Waals surface area (Å²) < 4.78 is 36.3. The average Bonchev–Trinajstić information content (AvgIpc) is 2.62. The minimum Gasteiger partial charge on any atom is -0.483 e. The molecular formula is C17H25F3N4O3. The highest BCUT2D eigenvalue weighted by Gasteiger charge is 2.30. The molecule has 7 nitrogen and oxygen atoms in total. The number of carbonyl (C=O) groups excluding carboxylic acids is 1. The van der Waals surface area contributed by atoms with Gasteiger partial charge in [-0.05, 0) is 43.5 Å². The number of urea groups is 1. The van der Waals surface area contributed by atoms with Crippen LogP contribution in [0.15, 0.2) is 24.3 Å². The van der Waals surface area contributed by atoms with E-state index in [2.05, 4.69) is 5.32 Å². The van der Waals surface area contributed by atoms with Crippen molar-refractivity contribution >= 4 is 18.2 Å². The van der Waals surface area contributed by atoms with Crippen molar-refractivity contribution < 1.29 is 27.9 Å². The average molecular weight is 390 g/mol. The van der Waals surface area contributed by atoms with Crippen molar-refractivity contribution in [2.75, 3.05) is 31.5 Å². The molecule has 27 heavy (non-hydrogen) atoms. The van der Waals surface area contributed by atoms with Crippen LogP contribution in [0.25, 0.3) is 0 Å². The van der Waals surface area contributed by atoms with Crippen LogP contribution in [0.2, 0.25) is 0 Å². The first-order chi connectivity index (χ1) is 12.8. The van der Waals surface area contributed by atoms with Crippen molar-refractivity contribution in [1.82, 2.24) is 10.2 Å². The topological polar surface area (TPSA) is 108 Å². The molecule has 1 heterocycles. The summed E-state index contributed by atoms with van der Waals surface area (Å²) in [5.74, 6) is 0. The van der Waals surface area contributed by atoms with Crippen LogP contribution < -0.4 is 16.4 Å². The van der Waals surface area contributed by atoms with E-state index in [-0.39, 0.29) is 12.5 Å². The fraction of sp³-hybridized carbons (Fsp3) is 0.529. The molecule has 1 saturated heterocycles. The first kappa shape index (κ1) is 22.6. The van der Waals surface area contributed by atoms with E-state index in [9.17, 15) is 18.0 Å². The molecule has 0 bridgehead atoms. The van der Waals surface area contributed by atoms with Crippen LogP contribution in [0.1, 0.15) is 18.4 Å². The Hall–Kier alpha value is -2.49. The van der Waals surface area contributed by atoms with Gasteiger partial charge in [0.05, 0.1) is 0 Å². The maximum atomic E-state index is 12.1. The molecule has 5 N–H and O–H groups in total. The first-order valence-corrected chi connectivity index (χ1v) is 8.52. The number of carboxylic acid groups (broad SMARTS) is 1. The summed E-state index contributed by atoms with van der Waals surface area (Å²) in [5.41, 5.74) is 7.69. The lowest BCUT2D eigenvalue weighted by Gasteiger charge is -2.33. The molecule has 1 aromatic carbocycles. The number of amides is 2. The highest BCUT2D eigenvalue weighted by Crippen LogP contribution is 2.18. The molecule has 1 fully saturated rings. The van der Waals surface area contributed by atoms with Gasteiger partial charge in [0.25, 0.3) is 6.47 Å². The molecule has 10 heteroatoms. The van der Waals surface area contributed by atoms with Crippen LogP contribution >= 0.6 is 0 Å². The monoisotopic (exact) mass is 390 g/mol. The van der Waals surface area contributed by atoms with E-state index < -0.39 is 18.8 Å². The molecule has 0 unspecified atom stereocenters. The third-order valence-electron chi connectivity index (χ3n) is 3.98. The van der Waals surface area contributed by atoms with Gasteiger partial charge in [-0.1, -0.05) is 12.1 Å². The highest BCUT2D eigenvalue weighted by molar-refractivity contribution is 5.74. The van der Waals surface area contributed by atoms with E-state index in [0.717, 1.165) is 12.1 Å². The van der Waals surface area contributed by atoms with Gasteiger partial charge in [-0.3, -0.25) is 4.79 Å². The number of alkyl halides is 3. The molecule has 1 aliphatic heterocycles. The Balaban J connectivity index is 0.00000114. The summed E-state index contributed by atoms with van der Waals surface area (Å²) in [6, 6.07) is 7.58. The van der Waals surface area contributed by atoms with Crippen LogP contribution in [-0.4, -0.2) is 60.9 Å².